The van der Waals surface area contributed by atoms with Crippen LogP contribution in [-0.4, -0.2) is 35.7 Å². The minimum absolute atomic E-state index is 0.384. The first-order valence-electron chi connectivity index (χ1n) is 5.58. The number of rotatable bonds is 4. The second kappa shape index (κ2) is 6.18. The lowest BCUT2D eigenvalue weighted by Crippen LogP contribution is -2.35. The number of aliphatic hydroxyl groups is 1. The predicted molar refractivity (Wildman–Crippen MR) is 72.9 cm³/mol. The fraction of sp³-hybridized carbons (Fsp3) is 0.538. The molecule has 1 heterocycles. The van der Waals surface area contributed by atoms with Crippen LogP contribution in [0.1, 0.15) is 24.3 Å². The molecule has 0 fully saturated rings. The Kier molecular flexibility index (Phi) is 5.16. The molecule has 0 saturated heterocycles. The van der Waals surface area contributed by atoms with Crippen molar-refractivity contribution in [2.45, 2.75) is 26.0 Å². The first-order chi connectivity index (χ1) is 7.92. The highest BCUT2D eigenvalue weighted by Gasteiger charge is 2.16. The molecule has 0 aliphatic carbocycles. The van der Waals surface area contributed by atoms with Crippen LogP contribution in [0, 0.1) is 11.8 Å². The molecule has 94 valence electrons. The highest BCUT2D eigenvalue weighted by molar-refractivity contribution is 7.10. The summed E-state index contributed by atoms with van der Waals surface area (Å²) in [5.41, 5.74) is 5.74. The minimum atomic E-state index is -0.672. The SMILES string of the molecule is CN(Cc1sccc1C#CCN)CC(C)(C)O. The Hall–Kier alpha value is -0.860. The van der Waals surface area contributed by atoms with Crippen LogP contribution in [0.3, 0.4) is 0 Å². The smallest absolute Gasteiger partial charge is 0.0718 e. The molecule has 0 aliphatic heterocycles. The summed E-state index contributed by atoms with van der Waals surface area (Å²) in [6, 6.07) is 2.01. The van der Waals surface area contributed by atoms with Crippen molar-refractivity contribution in [2.24, 2.45) is 5.73 Å². The number of hydrogen-bond acceptors (Lipinski definition) is 4. The quantitative estimate of drug-likeness (QED) is 0.793. The molecule has 1 aromatic rings. The van der Waals surface area contributed by atoms with Crippen LogP contribution < -0.4 is 5.73 Å². The second-order valence-corrected chi connectivity index (χ2v) is 5.75. The Bertz CT molecular complexity index is 409. The van der Waals surface area contributed by atoms with Gasteiger partial charge in [0.15, 0.2) is 0 Å². The first-order valence-corrected chi connectivity index (χ1v) is 6.46. The minimum Gasteiger partial charge on any atom is -0.389 e. The largest absolute Gasteiger partial charge is 0.389 e. The molecule has 1 aromatic heterocycles. The molecular weight excluding hydrogens is 232 g/mol. The lowest BCUT2D eigenvalue weighted by atomic mass is 10.1. The highest BCUT2D eigenvalue weighted by atomic mass is 32.1. The molecule has 0 unspecified atom stereocenters. The molecule has 0 spiro atoms. The van der Waals surface area contributed by atoms with Gasteiger partial charge < -0.3 is 10.8 Å². The molecular formula is C13H20N2OS. The van der Waals surface area contributed by atoms with Gasteiger partial charge in [-0.2, -0.15) is 0 Å². The van der Waals surface area contributed by atoms with Crippen molar-refractivity contribution in [1.82, 2.24) is 4.90 Å². The molecule has 3 N–H and O–H groups in total. The van der Waals surface area contributed by atoms with Gasteiger partial charge in [-0.3, -0.25) is 4.90 Å². The fourth-order valence-electron chi connectivity index (χ4n) is 1.68. The van der Waals surface area contributed by atoms with E-state index < -0.39 is 5.60 Å². The van der Waals surface area contributed by atoms with Crippen LogP contribution in [0.25, 0.3) is 0 Å². The van der Waals surface area contributed by atoms with Crippen LogP contribution in [0.15, 0.2) is 11.4 Å². The Morgan fingerprint density at radius 3 is 2.82 bits per heavy atom. The van der Waals surface area contributed by atoms with E-state index in [0.29, 0.717) is 13.1 Å². The van der Waals surface area contributed by atoms with Gasteiger partial charge >= 0.3 is 0 Å². The van der Waals surface area contributed by atoms with E-state index in [0.717, 1.165) is 12.1 Å². The van der Waals surface area contributed by atoms with Crippen molar-refractivity contribution in [2.75, 3.05) is 20.1 Å². The average Bonchev–Trinajstić information content (AvgIpc) is 2.59. The van der Waals surface area contributed by atoms with Crippen molar-refractivity contribution in [3.05, 3.63) is 21.9 Å². The van der Waals surface area contributed by atoms with Gasteiger partial charge in [0.05, 0.1) is 12.1 Å². The van der Waals surface area contributed by atoms with Crippen LogP contribution >= 0.6 is 11.3 Å². The summed E-state index contributed by atoms with van der Waals surface area (Å²) < 4.78 is 0. The Labute approximate surface area is 107 Å². The molecule has 0 aliphatic rings. The topological polar surface area (TPSA) is 49.5 Å². The van der Waals surface area contributed by atoms with Gasteiger partial charge in [0.25, 0.3) is 0 Å². The molecule has 0 radical (unpaired) electrons. The van der Waals surface area contributed by atoms with Gasteiger partial charge in [0.2, 0.25) is 0 Å². The maximum atomic E-state index is 9.74. The van der Waals surface area contributed by atoms with E-state index in [1.807, 2.05) is 32.3 Å². The summed E-state index contributed by atoms with van der Waals surface area (Å²) >= 11 is 1.69. The third kappa shape index (κ3) is 5.33. The van der Waals surface area contributed by atoms with Gasteiger partial charge in [0.1, 0.15) is 0 Å². The van der Waals surface area contributed by atoms with E-state index in [-0.39, 0.29) is 0 Å². The zero-order chi connectivity index (χ0) is 12.9. The summed E-state index contributed by atoms with van der Waals surface area (Å²) in [7, 11) is 2.00. The third-order valence-electron chi connectivity index (χ3n) is 2.14. The summed E-state index contributed by atoms with van der Waals surface area (Å²) in [6.45, 7) is 5.44. The Balaban J connectivity index is 2.65. The van der Waals surface area contributed by atoms with Crippen LogP contribution in [0.5, 0.6) is 0 Å². The van der Waals surface area contributed by atoms with Crippen molar-refractivity contribution >= 4 is 11.3 Å². The second-order valence-electron chi connectivity index (χ2n) is 4.75. The van der Waals surface area contributed by atoms with Gasteiger partial charge in [-0.05, 0) is 32.3 Å². The first kappa shape index (κ1) is 14.2. The summed E-state index contributed by atoms with van der Waals surface area (Å²) in [4.78, 5) is 3.32. The highest BCUT2D eigenvalue weighted by Crippen LogP contribution is 2.18. The molecule has 0 saturated carbocycles. The standard InChI is InChI=1S/C13H20N2OS/c1-13(2,16)10-15(3)9-12-11(5-4-7-14)6-8-17-12/h6,8,16H,7,9-10,14H2,1-3H3. The van der Waals surface area contributed by atoms with Crippen molar-refractivity contribution in [3.8, 4) is 11.8 Å². The van der Waals surface area contributed by atoms with Gasteiger partial charge in [-0.15, -0.1) is 11.3 Å². The van der Waals surface area contributed by atoms with Gasteiger partial charge in [-0.25, -0.2) is 0 Å². The van der Waals surface area contributed by atoms with Gasteiger partial charge in [-0.1, -0.05) is 11.8 Å². The average molecular weight is 252 g/mol. The number of nitrogens with two attached hydrogens (primary N) is 1. The number of hydrogen-bond donors (Lipinski definition) is 2. The summed E-state index contributed by atoms with van der Waals surface area (Å²) in [5, 5.41) is 11.8. The van der Waals surface area contributed by atoms with E-state index in [9.17, 15) is 5.11 Å². The summed E-state index contributed by atoms with van der Waals surface area (Å²) in [6.07, 6.45) is 0. The molecule has 4 heteroatoms. The van der Waals surface area contributed by atoms with E-state index >= 15 is 0 Å². The Morgan fingerprint density at radius 2 is 2.24 bits per heavy atom. The predicted octanol–water partition coefficient (Wildman–Crippen LogP) is 1.26. The number of thiophene rings is 1. The lowest BCUT2D eigenvalue weighted by molar-refractivity contribution is 0.0427. The zero-order valence-corrected chi connectivity index (χ0v) is 11.5. The number of likely N-dealkylation sites (N-methyl/N-ethyl adjacent to an activating group) is 1. The lowest BCUT2D eigenvalue weighted by Gasteiger charge is -2.25. The van der Waals surface area contributed by atoms with E-state index in [1.54, 1.807) is 11.3 Å². The molecule has 1 rings (SSSR count). The van der Waals surface area contributed by atoms with Crippen LogP contribution in [0.2, 0.25) is 0 Å². The summed E-state index contributed by atoms with van der Waals surface area (Å²) in [5.74, 6) is 5.94. The van der Waals surface area contributed by atoms with Gasteiger partial charge in [0, 0.05) is 23.5 Å². The Morgan fingerprint density at radius 1 is 1.53 bits per heavy atom. The maximum absolute atomic E-state index is 9.74. The maximum Gasteiger partial charge on any atom is 0.0718 e. The third-order valence-corrected chi connectivity index (χ3v) is 3.05. The van der Waals surface area contributed by atoms with E-state index in [1.165, 1.54) is 4.88 Å². The van der Waals surface area contributed by atoms with Crippen LogP contribution in [0.4, 0.5) is 0 Å². The molecule has 0 aromatic carbocycles. The van der Waals surface area contributed by atoms with Crippen molar-refractivity contribution in [1.29, 1.82) is 0 Å². The molecule has 3 nitrogen and oxygen atoms in total. The fourth-order valence-corrected chi connectivity index (χ4v) is 2.59. The van der Waals surface area contributed by atoms with E-state index in [2.05, 4.69) is 16.7 Å². The van der Waals surface area contributed by atoms with Crippen LogP contribution in [-0.2, 0) is 6.54 Å². The van der Waals surface area contributed by atoms with Crippen molar-refractivity contribution < 1.29 is 5.11 Å². The molecule has 17 heavy (non-hydrogen) atoms. The van der Waals surface area contributed by atoms with Crippen molar-refractivity contribution in [3.63, 3.8) is 0 Å². The molecule has 0 atom stereocenters. The van der Waals surface area contributed by atoms with E-state index in [4.69, 9.17) is 5.73 Å². The molecule has 0 amide bonds. The monoisotopic (exact) mass is 252 g/mol. The normalized spacial score (nSPS) is 11.4. The molecule has 0 bridgehead atoms. The number of nitrogens with zero attached hydrogens (tertiary/aromatic N) is 1. The zero-order valence-electron chi connectivity index (χ0n) is 10.7.